The van der Waals surface area contributed by atoms with Crippen LogP contribution >= 0.6 is 0 Å². The molecular formula is C14H18N2O. The summed E-state index contributed by atoms with van der Waals surface area (Å²) in [5.74, 6) is 5.58. The highest BCUT2D eigenvalue weighted by Gasteiger charge is 2.14. The predicted octanol–water partition coefficient (Wildman–Crippen LogP) is 1.53. The Balaban J connectivity index is 2.88. The third-order valence-electron chi connectivity index (χ3n) is 1.95. The maximum Gasteiger partial charge on any atom is 0.251 e. The molecule has 1 amide bonds. The van der Waals surface area contributed by atoms with Gasteiger partial charge in [-0.15, -0.1) is 0 Å². The molecule has 1 aromatic rings. The van der Waals surface area contributed by atoms with Gasteiger partial charge in [-0.1, -0.05) is 17.9 Å². The summed E-state index contributed by atoms with van der Waals surface area (Å²) < 4.78 is 0. The lowest BCUT2D eigenvalue weighted by atomic mass is 10.1. The van der Waals surface area contributed by atoms with Crippen molar-refractivity contribution in [2.45, 2.75) is 26.3 Å². The fourth-order valence-corrected chi connectivity index (χ4v) is 1.30. The van der Waals surface area contributed by atoms with Crippen LogP contribution in [0.25, 0.3) is 0 Å². The second-order valence-corrected chi connectivity index (χ2v) is 4.79. The maximum absolute atomic E-state index is 11.9. The molecule has 0 aliphatic heterocycles. The van der Waals surface area contributed by atoms with Crippen LogP contribution in [0.15, 0.2) is 24.3 Å². The summed E-state index contributed by atoms with van der Waals surface area (Å²) in [6.45, 7) is 6.16. The number of nitrogens with one attached hydrogen (secondary N) is 1. The smallest absolute Gasteiger partial charge is 0.251 e. The zero-order valence-corrected chi connectivity index (χ0v) is 10.5. The summed E-state index contributed by atoms with van der Waals surface area (Å²) in [6.07, 6.45) is 0. The normalized spacial score (nSPS) is 10.4. The van der Waals surface area contributed by atoms with Crippen LogP contribution < -0.4 is 11.1 Å². The monoisotopic (exact) mass is 230 g/mol. The first-order valence-electron chi connectivity index (χ1n) is 5.54. The van der Waals surface area contributed by atoms with E-state index in [2.05, 4.69) is 17.2 Å². The Morgan fingerprint density at radius 2 is 2.12 bits per heavy atom. The molecule has 0 aromatic heterocycles. The lowest BCUT2D eigenvalue weighted by Crippen LogP contribution is -2.40. The highest BCUT2D eigenvalue weighted by Crippen LogP contribution is 2.07. The molecule has 3 nitrogen and oxygen atoms in total. The third-order valence-corrected chi connectivity index (χ3v) is 1.95. The van der Waals surface area contributed by atoms with Crippen LogP contribution in [0.4, 0.5) is 0 Å². The number of hydrogen-bond donors (Lipinski definition) is 2. The zero-order valence-electron chi connectivity index (χ0n) is 10.5. The highest BCUT2D eigenvalue weighted by atomic mass is 16.1. The van der Waals surface area contributed by atoms with Gasteiger partial charge < -0.3 is 11.1 Å². The van der Waals surface area contributed by atoms with Crippen molar-refractivity contribution in [3.8, 4) is 11.8 Å². The van der Waals surface area contributed by atoms with E-state index in [0.29, 0.717) is 12.1 Å². The van der Waals surface area contributed by atoms with Crippen molar-refractivity contribution in [3.63, 3.8) is 0 Å². The van der Waals surface area contributed by atoms with Crippen molar-refractivity contribution in [2.75, 3.05) is 6.54 Å². The first kappa shape index (κ1) is 13.3. The minimum absolute atomic E-state index is 0.0890. The Hall–Kier alpha value is -1.79. The van der Waals surface area contributed by atoms with Gasteiger partial charge in [-0.3, -0.25) is 4.79 Å². The Morgan fingerprint density at radius 3 is 2.71 bits per heavy atom. The molecule has 0 unspecified atom stereocenters. The van der Waals surface area contributed by atoms with E-state index in [4.69, 9.17) is 5.73 Å². The number of benzene rings is 1. The number of hydrogen-bond acceptors (Lipinski definition) is 2. The molecule has 0 radical (unpaired) electrons. The van der Waals surface area contributed by atoms with E-state index in [9.17, 15) is 4.79 Å². The number of carbonyl (C=O) groups excluding carboxylic acids is 1. The summed E-state index contributed by atoms with van der Waals surface area (Å²) in [5.41, 5.74) is 6.48. The average molecular weight is 230 g/mol. The Kier molecular flexibility index (Phi) is 4.30. The van der Waals surface area contributed by atoms with Crippen LogP contribution in [0.2, 0.25) is 0 Å². The summed E-state index contributed by atoms with van der Waals surface area (Å²) in [5, 5.41) is 2.91. The lowest BCUT2D eigenvalue weighted by molar-refractivity contribution is 0.0919. The summed E-state index contributed by atoms with van der Waals surface area (Å²) >= 11 is 0. The minimum Gasteiger partial charge on any atom is -0.347 e. The topological polar surface area (TPSA) is 55.1 Å². The molecule has 1 rings (SSSR count). The zero-order chi connectivity index (χ0) is 12.9. The van der Waals surface area contributed by atoms with E-state index in [1.54, 1.807) is 12.1 Å². The van der Waals surface area contributed by atoms with Crippen molar-refractivity contribution >= 4 is 5.91 Å². The van der Waals surface area contributed by atoms with Gasteiger partial charge in [-0.25, -0.2) is 0 Å². The number of amides is 1. The van der Waals surface area contributed by atoms with E-state index in [1.807, 2.05) is 32.9 Å². The van der Waals surface area contributed by atoms with Crippen molar-refractivity contribution < 1.29 is 4.79 Å². The molecule has 0 saturated carbocycles. The molecule has 0 atom stereocenters. The largest absolute Gasteiger partial charge is 0.347 e. The fraction of sp³-hybridized carbons (Fsp3) is 0.357. The third kappa shape index (κ3) is 4.71. The van der Waals surface area contributed by atoms with Gasteiger partial charge in [0, 0.05) is 16.7 Å². The van der Waals surface area contributed by atoms with Gasteiger partial charge in [0.25, 0.3) is 5.91 Å². The van der Waals surface area contributed by atoms with Crippen molar-refractivity contribution in [3.05, 3.63) is 35.4 Å². The van der Waals surface area contributed by atoms with Crippen LogP contribution in [0.3, 0.4) is 0 Å². The molecule has 17 heavy (non-hydrogen) atoms. The fourth-order valence-electron chi connectivity index (χ4n) is 1.30. The molecule has 0 fully saturated rings. The second-order valence-electron chi connectivity index (χ2n) is 4.79. The Bertz CT molecular complexity index is 461. The molecule has 3 heteroatoms. The molecule has 0 heterocycles. The molecular weight excluding hydrogens is 212 g/mol. The molecule has 1 aromatic carbocycles. The van der Waals surface area contributed by atoms with E-state index in [-0.39, 0.29) is 11.4 Å². The van der Waals surface area contributed by atoms with E-state index in [1.165, 1.54) is 0 Å². The van der Waals surface area contributed by atoms with Gasteiger partial charge in [0.1, 0.15) is 0 Å². The van der Waals surface area contributed by atoms with Crippen LogP contribution in [-0.2, 0) is 0 Å². The van der Waals surface area contributed by atoms with Crippen LogP contribution in [0.1, 0.15) is 36.7 Å². The number of rotatable bonds is 1. The quantitative estimate of drug-likeness (QED) is 0.719. The van der Waals surface area contributed by atoms with E-state index < -0.39 is 0 Å². The van der Waals surface area contributed by atoms with Gasteiger partial charge in [0.2, 0.25) is 0 Å². The SMILES string of the molecule is CC(C)(C)NC(=O)c1cccc(C#CCN)c1. The molecule has 0 bridgehead atoms. The maximum atomic E-state index is 11.9. The summed E-state index contributed by atoms with van der Waals surface area (Å²) in [4.78, 5) is 11.9. The molecule has 0 aliphatic carbocycles. The van der Waals surface area contributed by atoms with Gasteiger partial charge in [-0.05, 0) is 39.0 Å². The molecule has 0 aliphatic rings. The predicted molar refractivity (Wildman–Crippen MR) is 69.6 cm³/mol. The average Bonchev–Trinajstić information content (AvgIpc) is 2.24. The Morgan fingerprint density at radius 1 is 1.41 bits per heavy atom. The van der Waals surface area contributed by atoms with E-state index in [0.717, 1.165) is 5.56 Å². The summed E-state index contributed by atoms with van der Waals surface area (Å²) in [6, 6.07) is 7.22. The van der Waals surface area contributed by atoms with Gasteiger partial charge >= 0.3 is 0 Å². The van der Waals surface area contributed by atoms with E-state index >= 15 is 0 Å². The van der Waals surface area contributed by atoms with Crippen molar-refractivity contribution in [2.24, 2.45) is 5.73 Å². The van der Waals surface area contributed by atoms with Crippen LogP contribution in [-0.4, -0.2) is 18.0 Å². The molecule has 0 saturated heterocycles. The van der Waals surface area contributed by atoms with Gasteiger partial charge in [0.05, 0.1) is 6.54 Å². The second kappa shape index (κ2) is 5.51. The first-order chi connectivity index (χ1) is 7.92. The lowest BCUT2D eigenvalue weighted by Gasteiger charge is -2.20. The first-order valence-corrected chi connectivity index (χ1v) is 5.54. The minimum atomic E-state index is -0.240. The molecule has 90 valence electrons. The van der Waals surface area contributed by atoms with Crippen LogP contribution in [0.5, 0.6) is 0 Å². The number of nitrogens with two attached hydrogens (primary N) is 1. The van der Waals surface area contributed by atoms with Crippen molar-refractivity contribution in [1.82, 2.24) is 5.32 Å². The number of carbonyl (C=O) groups is 1. The standard InChI is InChI=1S/C14H18N2O/c1-14(2,3)16-13(17)12-8-4-6-11(10-12)7-5-9-15/h4,6,8,10H,9,15H2,1-3H3,(H,16,17). The van der Waals surface area contributed by atoms with Gasteiger partial charge in [0.15, 0.2) is 0 Å². The molecule has 3 N–H and O–H groups in total. The van der Waals surface area contributed by atoms with Gasteiger partial charge in [-0.2, -0.15) is 0 Å². The van der Waals surface area contributed by atoms with Crippen molar-refractivity contribution in [1.29, 1.82) is 0 Å². The molecule has 0 spiro atoms. The Labute approximate surface area is 102 Å². The highest BCUT2D eigenvalue weighted by molar-refractivity contribution is 5.94. The van der Waals surface area contributed by atoms with Crippen LogP contribution in [0, 0.1) is 11.8 Å². The summed E-state index contributed by atoms with van der Waals surface area (Å²) in [7, 11) is 0.